The molecule has 0 bridgehead atoms. The number of hydrogen-bond donors (Lipinski definition) is 1. The molecule has 0 atom stereocenters. The van der Waals surface area contributed by atoms with Gasteiger partial charge in [0.1, 0.15) is 0 Å². The number of para-hydroxylation sites is 1. The Hall–Kier alpha value is -1.39. The summed E-state index contributed by atoms with van der Waals surface area (Å²) < 4.78 is 7.55. The fraction of sp³-hybridized carbons (Fsp3) is 0.0625. The van der Waals surface area contributed by atoms with Crippen molar-refractivity contribution in [3.63, 3.8) is 0 Å². The first-order valence-electron chi connectivity index (χ1n) is 6.88. The Labute approximate surface area is 164 Å². The largest absolute Gasteiger partial charge is 0.411 e. The van der Waals surface area contributed by atoms with Gasteiger partial charge in [-0.25, -0.2) is 0 Å². The highest BCUT2D eigenvalue weighted by atomic mass is 127. The fourth-order valence-electron chi connectivity index (χ4n) is 1.85. The van der Waals surface area contributed by atoms with Crippen LogP contribution in [0.15, 0.2) is 62.6 Å². The van der Waals surface area contributed by atoms with Gasteiger partial charge in [-0.2, -0.15) is 0 Å². The third-order valence-electron chi connectivity index (χ3n) is 2.97. The highest BCUT2D eigenvalue weighted by Crippen LogP contribution is 2.25. The molecule has 1 N–H and O–H groups in total. The van der Waals surface area contributed by atoms with Crippen LogP contribution >= 0.6 is 50.3 Å². The van der Waals surface area contributed by atoms with Crippen LogP contribution in [-0.2, 0) is 4.79 Å². The SMILES string of the molecule is O=C(CSc1nnc(-c2ccc(Br)cc2)o1)Nc1ccccc1I. The number of halogens is 2. The van der Waals surface area contributed by atoms with Crippen molar-refractivity contribution in [1.82, 2.24) is 10.2 Å². The van der Waals surface area contributed by atoms with E-state index in [-0.39, 0.29) is 11.7 Å². The summed E-state index contributed by atoms with van der Waals surface area (Å²) in [5.41, 5.74) is 1.63. The Morgan fingerprint density at radius 3 is 2.67 bits per heavy atom. The van der Waals surface area contributed by atoms with Gasteiger partial charge in [-0.1, -0.05) is 39.8 Å². The summed E-state index contributed by atoms with van der Waals surface area (Å²) in [6, 6.07) is 15.2. The van der Waals surface area contributed by atoms with Gasteiger partial charge >= 0.3 is 0 Å². The molecule has 8 heteroatoms. The van der Waals surface area contributed by atoms with E-state index in [1.807, 2.05) is 48.5 Å². The van der Waals surface area contributed by atoms with Crippen LogP contribution in [0.2, 0.25) is 0 Å². The molecule has 0 saturated heterocycles. The molecule has 0 aliphatic carbocycles. The highest BCUT2D eigenvalue weighted by molar-refractivity contribution is 14.1. The molecule has 0 fully saturated rings. The molecule has 0 aliphatic heterocycles. The maximum atomic E-state index is 12.0. The quantitative estimate of drug-likeness (QED) is 0.389. The summed E-state index contributed by atoms with van der Waals surface area (Å²) in [4.78, 5) is 12.0. The van der Waals surface area contributed by atoms with Crippen LogP contribution in [0.5, 0.6) is 0 Å². The van der Waals surface area contributed by atoms with E-state index in [0.29, 0.717) is 11.1 Å². The Morgan fingerprint density at radius 2 is 1.92 bits per heavy atom. The van der Waals surface area contributed by atoms with E-state index in [1.54, 1.807) is 0 Å². The van der Waals surface area contributed by atoms with Crippen LogP contribution < -0.4 is 5.32 Å². The number of rotatable bonds is 5. The van der Waals surface area contributed by atoms with Crippen molar-refractivity contribution < 1.29 is 9.21 Å². The highest BCUT2D eigenvalue weighted by Gasteiger charge is 2.12. The van der Waals surface area contributed by atoms with Crippen molar-refractivity contribution in [2.24, 2.45) is 0 Å². The molecule has 0 radical (unpaired) electrons. The zero-order valence-corrected chi connectivity index (χ0v) is 16.8. The van der Waals surface area contributed by atoms with Gasteiger partial charge in [0.2, 0.25) is 11.8 Å². The van der Waals surface area contributed by atoms with Crippen LogP contribution in [0, 0.1) is 3.57 Å². The molecule has 0 unspecified atom stereocenters. The first-order valence-corrected chi connectivity index (χ1v) is 9.74. The third-order valence-corrected chi connectivity index (χ3v) is 5.26. The Kier molecular flexibility index (Phi) is 5.90. The van der Waals surface area contributed by atoms with Crippen molar-refractivity contribution in [1.29, 1.82) is 0 Å². The van der Waals surface area contributed by atoms with Gasteiger partial charge in [-0.05, 0) is 59.0 Å². The molecule has 1 amide bonds. The number of benzene rings is 2. The lowest BCUT2D eigenvalue weighted by Crippen LogP contribution is -2.14. The van der Waals surface area contributed by atoms with E-state index < -0.39 is 0 Å². The minimum atomic E-state index is -0.118. The molecule has 5 nitrogen and oxygen atoms in total. The van der Waals surface area contributed by atoms with Gasteiger partial charge in [0.25, 0.3) is 5.22 Å². The lowest BCUT2D eigenvalue weighted by atomic mass is 10.2. The minimum Gasteiger partial charge on any atom is -0.411 e. The minimum absolute atomic E-state index is 0.118. The van der Waals surface area contributed by atoms with E-state index in [0.717, 1.165) is 19.3 Å². The molecule has 3 rings (SSSR count). The molecule has 0 saturated carbocycles. The smallest absolute Gasteiger partial charge is 0.277 e. The van der Waals surface area contributed by atoms with Crippen molar-refractivity contribution in [3.8, 4) is 11.5 Å². The van der Waals surface area contributed by atoms with E-state index >= 15 is 0 Å². The molecule has 0 aliphatic rings. The number of aromatic nitrogens is 2. The first-order chi connectivity index (χ1) is 11.6. The number of nitrogens with one attached hydrogen (secondary N) is 1. The van der Waals surface area contributed by atoms with Crippen molar-refractivity contribution in [3.05, 3.63) is 56.6 Å². The van der Waals surface area contributed by atoms with Gasteiger partial charge in [-0.3, -0.25) is 4.79 Å². The first kappa shape index (κ1) is 17.4. The average molecular weight is 516 g/mol. The summed E-state index contributed by atoms with van der Waals surface area (Å²) in [6.07, 6.45) is 0. The lowest BCUT2D eigenvalue weighted by Gasteiger charge is -2.05. The van der Waals surface area contributed by atoms with Gasteiger partial charge in [0.15, 0.2) is 0 Å². The normalized spacial score (nSPS) is 10.6. The van der Waals surface area contributed by atoms with Crippen molar-refractivity contribution in [2.45, 2.75) is 5.22 Å². The van der Waals surface area contributed by atoms with Crippen LogP contribution in [0.4, 0.5) is 5.69 Å². The van der Waals surface area contributed by atoms with E-state index in [2.05, 4.69) is 54.0 Å². The molecule has 2 aromatic carbocycles. The summed E-state index contributed by atoms with van der Waals surface area (Å²) in [5, 5.41) is 11.2. The Morgan fingerprint density at radius 1 is 1.17 bits per heavy atom. The fourth-order valence-corrected chi connectivity index (χ4v) is 3.20. The Balaban J connectivity index is 1.58. The van der Waals surface area contributed by atoms with E-state index in [9.17, 15) is 4.79 Å². The monoisotopic (exact) mass is 515 g/mol. The maximum Gasteiger partial charge on any atom is 0.277 e. The molecular formula is C16H11BrIN3O2S. The number of thioether (sulfide) groups is 1. The zero-order valence-electron chi connectivity index (χ0n) is 12.2. The summed E-state index contributed by atoms with van der Waals surface area (Å²) in [6.45, 7) is 0. The zero-order chi connectivity index (χ0) is 16.9. The lowest BCUT2D eigenvalue weighted by molar-refractivity contribution is -0.113. The second kappa shape index (κ2) is 8.13. The van der Waals surface area contributed by atoms with E-state index in [1.165, 1.54) is 11.8 Å². The molecule has 24 heavy (non-hydrogen) atoms. The molecule has 0 spiro atoms. The molecule has 122 valence electrons. The van der Waals surface area contributed by atoms with Gasteiger partial charge in [-0.15, -0.1) is 10.2 Å². The number of amides is 1. The van der Waals surface area contributed by atoms with E-state index in [4.69, 9.17) is 4.42 Å². The number of nitrogens with zero attached hydrogens (tertiary/aromatic N) is 2. The van der Waals surface area contributed by atoms with Crippen LogP contribution in [-0.4, -0.2) is 21.9 Å². The second-order valence-electron chi connectivity index (χ2n) is 4.70. The summed E-state index contributed by atoms with van der Waals surface area (Å²) in [5.74, 6) is 0.517. The third kappa shape index (κ3) is 4.58. The van der Waals surface area contributed by atoms with Crippen LogP contribution in [0.3, 0.4) is 0 Å². The van der Waals surface area contributed by atoms with Crippen molar-refractivity contribution >= 4 is 61.9 Å². The summed E-state index contributed by atoms with van der Waals surface area (Å²) in [7, 11) is 0. The number of carbonyl (C=O) groups is 1. The number of hydrogen-bond acceptors (Lipinski definition) is 5. The molecule has 1 aromatic heterocycles. The predicted octanol–water partition coefficient (Wildman–Crippen LogP) is 4.83. The average Bonchev–Trinajstić information content (AvgIpc) is 3.05. The van der Waals surface area contributed by atoms with Gasteiger partial charge in [0.05, 0.1) is 11.4 Å². The van der Waals surface area contributed by atoms with Crippen molar-refractivity contribution in [2.75, 3.05) is 11.1 Å². The second-order valence-corrected chi connectivity index (χ2v) is 7.70. The Bertz CT molecular complexity index is 855. The van der Waals surface area contributed by atoms with Crippen LogP contribution in [0.25, 0.3) is 11.5 Å². The molecular weight excluding hydrogens is 505 g/mol. The van der Waals surface area contributed by atoms with Gasteiger partial charge in [0, 0.05) is 13.6 Å². The van der Waals surface area contributed by atoms with Gasteiger partial charge < -0.3 is 9.73 Å². The summed E-state index contributed by atoms with van der Waals surface area (Å²) >= 11 is 6.77. The van der Waals surface area contributed by atoms with Crippen LogP contribution in [0.1, 0.15) is 0 Å². The number of anilines is 1. The standard InChI is InChI=1S/C16H11BrIN3O2S/c17-11-7-5-10(6-8-11)15-20-21-16(23-15)24-9-14(22)19-13-4-2-1-3-12(13)18/h1-8H,9H2,(H,19,22). The molecule has 3 aromatic rings. The maximum absolute atomic E-state index is 12.0. The molecule has 1 heterocycles. The topological polar surface area (TPSA) is 68.0 Å². The predicted molar refractivity (Wildman–Crippen MR) is 106 cm³/mol. The number of carbonyl (C=O) groups excluding carboxylic acids is 1.